The molecule has 0 spiro atoms. The number of hydrogen-bond acceptors (Lipinski definition) is 6. The minimum absolute atomic E-state index is 0.000895. The van der Waals surface area contributed by atoms with E-state index in [4.69, 9.17) is 9.47 Å². The summed E-state index contributed by atoms with van der Waals surface area (Å²) in [5, 5.41) is 12.3. The summed E-state index contributed by atoms with van der Waals surface area (Å²) in [5.41, 5.74) is 0.352. The summed E-state index contributed by atoms with van der Waals surface area (Å²) in [6.45, 7) is 0.446. The first-order valence-electron chi connectivity index (χ1n) is 10.0. The first kappa shape index (κ1) is 21.5. The lowest BCUT2D eigenvalue weighted by atomic mass is 9.94. The van der Waals surface area contributed by atoms with E-state index in [1.54, 1.807) is 0 Å². The quantitative estimate of drug-likeness (QED) is 0.645. The highest BCUT2D eigenvalue weighted by Crippen LogP contribution is 2.37. The molecule has 1 amide bonds. The third kappa shape index (κ3) is 4.97. The second-order valence-electron chi connectivity index (χ2n) is 7.58. The second kappa shape index (κ2) is 8.81. The van der Waals surface area contributed by atoms with Crippen LogP contribution in [0, 0.1) is 5.82 Å². The van der Waals surface area contributed by atoms with Crippen molar-refractivity contribution in [2.45, 2.75) is 42.7 Å². The summed E-state index contributed by atoms with van der Waals surface area (Å²) in [4.78, 5) is 12.8. The number of nitrogens with one attached hydrogen (secondary N) is 2. The van der Waals surface area contributed by atoms with Crippen molar-refractivity contribution in [3.05, 3.63) is 47.8 Å². The van der Waals surface area contributed by atoms with E-state index in [0.717, 1.165) is 0 Å². The van der Waals surface area contributed by atoms with Crippen molar-refractivity contribution in [3.8, 4) is 11.5 Å². The number of aliphatic hydroxyl groups is 1. The molecule has 1 saturated carbocycles. The van der Waals surface area contributed by atoms with Gasteiger partial charge in [-0.05, 0) is 56.0 Å². The van der Waals surface area contributed by atoms with Crippen molar-refractivity contribution in [1.29, 1.82) is 0 Å². The molecule has 10 heteroatoms. The highest BCUT2D eigenvalue weighted by Gasteiger charge is 2.29. The topological polar surface area (TPSA) is 114 Å². The van der Waals surface area contributed by atoms with Crippen LogP contribution in [0.1, 0.15) is 36.0 Å². The van der Waals surface area contributed by atoms with Gasteiger partial charge in [0.15, 0.2) is 11.5 Å². The van der Waals surface area contributed by atoms with Gasteiger partial charge < -0.3 is 19.9 Å². The van der Waals surface area contributed by atoms with Crippen LogP contribution in [-0.4, -0.2) is 44.8 Å². The lowest BCUT2D eigenvalue weighted by Gasteiger charge is -2.26. The fourth-order valence-corrected chi connectivity index (χ4v) is 5.01. The van der Waals surface area contributed by atoms with E-state index in [9.17, 15) is 22.7 Å². The van der Waals surface area contributed by atoms with Crippen molar-refractivity contribution < 1.29 is 32.2 Å². The zero-order valence-electron chi connectivity index (χ0n) is 16.6. The van der Waals surface area contributed by atoms with E-state index >= 15 is 0 Å². The molecule has 2 aliphatic rings. The van der Waals surface area contributed by atoms with E-state index in [1.165, 1.54) is 36.4 Å². The maximum atomic E-state index is 13.1. The fraction of sp³-hybridized carbons (Fsp3) is 0.381. The Morgan fingerprint density at radius 1 is 1.03 bits per heavy atom. The van der Waals surface area contributed by atoms with Gasteiger partial charge in [0.2, 0.25) is 10.0 Å². The Bertz CT molecular complexity index is 1070. The number of anilines is 1. The van der Waals surface area contributed by atoms with Crippen molar-refractivity contribution >= 4 is 21.6 Å². The molecule has 0 bridgehead atoms. The predicted molar refractivity (Wildman–Crippen MR) is 110 cm³/mol. The van der Waals surface area contributed by atoms with E-state index in [0.29, 0.717) is 31.4 Å². The monoisotopic (exact) mass is 450 g/mol. The number of ether oxygens (including phenoxy) is 2. The predicted octanol–water partition coefficient (Wildman–Crippen LogP) is 2.43. The maximum absolute atomic E-state index is 13.1. The van der Waals surface area contributed by atoms with Crippen LogP contribution in [0.4, 0.5) is 10.1 Å². The highest BCUT2D eigenvalue weighted by atomic mass is 32.2. The minimum atomic E-state index is -3.94. The molecule has 0 radical (unpaired) electrons. The number of aliphatic hydroxyl groups excluding tert-OH is 1. The molecular formula is C21H23FN2O6S. The summed E-state index contributed by atoms with van der Waals surface area (Å²) in [7, 11) is -3.94. The van der Waals surface area contributed by atoms with Gasteiger partial charge in [-0.2, -0.15) is 0 Å². The van der Waals surface area contributed by atoms with E-state index in [2.05, 4.69) is 10.0 Å². The molecule has 1 aliphatic heterocycles. The largest absolute Gasteiger partial charge is 0.486 e. The zero-order chi connectivity index (χ0) is 22.0. The Labute approximate surface area is 179 Å². The summed E-state index contributed by atoms with van der Waals surface area (Å²) >= 11 is 0. The van der Waals surface area contributed by atoms with Crippen LogP contribution >= 0.6 is 0 Å². The Hall–Kier alpha value is -2.69. The molecule has 0 saturated heterocycles. The Morgan fingerprint density at radius 3 is 2.42 bits per heavy atom. The number of hydrogen-bond donors (Lipinski definition) is 3. The minimum Gasteiger partial charge on any atom is -0.486 e. The van der Waals surface area contributed by atoms with Gasteiger partial charge in [0.05, 0.1) is 16.6 Å². The highest BCUT2D eigenvalue weighted by molar-refractivity contribution is 7.89. The SMILES string of the molecule is O=C(Nc1ccc(F)cc1)c1cc(S(=O)(=O)NC2CCC(O)CC2)cc2c1OCCO2. The van der Waals surface area contributed by atoms with Crippen molar-refractivity contribution in [1.82, 2.24) is 4.72 Å². The molecule has 2 aromatic rings. The third-order valence-electron chi connectivity index (χ3n) is 5.29. The van der Waals surface area contributed by atoms with Crippen LogP contribution in [0.3, 0.4) is 0 Å². The number of benzene rings is 2. The molecule has 0 atom stereocenters. The third-order valence-corrected chi connectivity index (χ3v) is 6.79. The molecule has 1 heterocycles. The van der Waals surface area contributed by atoms with Gasteiger partial charge in [0.25, 0.3) is 5.91 Å². The number of carbonyl (C=O) groups is 1. The number of amides is 1. The van der Waals surface area contributed by atoms with E-state index in [1.807, 2.05) is 0 Å². The molecule has 1 fully saturated rings. The fourth-order valence-electron chi connectivity index (χ4n) is 3.66. The maximum Gasteiger partial charge on any atom is 0.259 e. The number of halogens is 1. The van der Waals surface area contributed by atoms with Crippen LogP contribution in [0.2, 0.25) is 0 Å². The molecule has 2 aromatic carbocycles. The molecule has 166 valence electrons. The summed E-state index contributed by atoms with van der Waals surface area (Å²) < 4.78 is 52.9. The van der Waals surface area contributed by atoms with Gasteiger partial charge in [-0.3, -0.25) is 4.79 Å². The van der Waals surface area contributed by atoms with Crippen LogP contribution in [0.15, 0.2) is 41.3 Å². The molecule has 4 rings (SSSR count). The van der Waals surface area contributed by atoms with E-state index in [-0.39, 0.29) is 41.2 Å². The molecule has 31 heavy (non-hydrogen) atoms. The van der Waals surface area contributed by atoms with Gasteiger partial charge in [-0.15, -0.1) is 0 Å². The normalized spacial score (nSPS) is 20.8. The average molecular weight is 450 g/mol. The lowest BCUT2D eigenvalue weighted by Crippen LogP contribution is -2.38. The number of fused-ring (bicyclic) bond motifs is 1. The molecule has 0 aromatic heterocycles. The van der Waals surface area contributed by atoms with Gasteiger partial charge in [-0.1, -0.05) is 0 Å². The number of carbonyl (C=O) groups excluding carboxylic acids is 1. The molecule has 3 N–H and O–H groups in total. The summed E-state index contributed by atoms with van der Waals surface area (Å²) in [6, 6.07) is 7.49. The standard InChI is InChI=1S/C21H23FN2O6S/c22-13-1-3-14(4-2-13)23-21(26)18-11-17(12-19-20(18)30-10-9-29-19)31(27,28)24-15-5-7-16(25)8-6-15/h1-4,11-12,15-16,24-25H,5-10H2,(H,23,26). The molecule has 0 unspecified atom stereocenters. The smallest absolute Gasteiger partial charge is 0.259 e. The molecular weight excluding hydrogens is 427 g/mol. The first-order chi connectivity index (χ1) is 14.8. The Morgan fingerprint density at radius 2 is 1.71 bits per heavy atom. The van der Waals surface area contributed by atoms with Crippen molar-refractivity contribution in [2.75, 3.05) is 18.5 Å². The van der Waals surface area contributed by atoms with Crippen molar-refractivity contribution in [3.63, 3.8) is 0 Å². The second-order valence-corrected chi connectivity index (χ2v) is 9.30. The zero-order valence-corrected chi connectivity index (χ0v) is 17.5. The Balaban J connectivity index is 1.63. The average Bonchev–Trinajstić information content (AvgIpc) is 2.76. The Kier molecular flexibility index (Phi) is 6.12. The van der Waals surface area contributed by atoms with Crippen LogP contribution in [0.5, 0.6) is 11.5 Å². The number of sulfonamides is 1. The first-order valence-corrected chi connectivity index (χ1v) is 11.5. The summed E-state index contributed by atoms with van der Waals surface area (Å²) in [6.07, 6.45) is 1.71. The van der Waals surface area contributed by atoms with Crippen LogP contribution < -0.4 is 19.5 Å². The van der Waals surface area contributed by atoms with E-state index < -0.39 is 27.9 Å². The van der Waals surface area contributed by atoms with Gasteiger partial charge in [0.1, 0.15) is 19.0 Å². The number of rotatable bonds is 5. The van der Waals surface area contributed by atoms with Crippen LogP contribution in [-0.2, 0) is 10.0 Å². The molecule has 1 aliphatic carbocycles. The van der Waals surface area contributed by atoms with Crippen molar-refractivity contribution in [2.24, 2.45) is 0 Å². The van der Waals surface area contributed by atoms with Crippen LogP contribution in [0.25, 0.3) is 0 Å². The van der Waals surface area contributed by atoms with Gasteiger partial charge in [-0.25, -0.2) is 17.5 Å². The van der Waals surface area contributed by atoms with Gasteiger partial charge in [0, 0.05) is 17.8 Å². The van der Waals surface area contributed by atoms with Gasteiger partial charge >= 0.3 is 0 Å². The lowest BCUT2D eigenvalue weighted by molar-refractivity contribution is 0.101. The molecule has 8 nitrogen and oxygen atoms in total. The summed E-state index contributed by atoms with van der Waals surface area (Å²) in [5.74, 6) is -0.726.